The third-order valence-corrected chi connectivity index (χ3v) is 5.56. The number of halogens is 2. The van der Waals surface area contributed by atoms with Crippen molar-refractivity contribution < 1.29 is 19.4 Å². The molecule has 1 aromatic carbocycles. The van der Waals surface area contributed by atoms with Gasteiger partial charge in [-0.2, -0.15) is 0 Å². The van der Waals surface area contributed by atoms with Crippen LogP contribution >= 0.6 is 23.2 Å². The van der Waals surface area contributed by atoms with Crippen LogP contribution in [0.1, 0.15) is 63.2 Å². The minimum absolute atomic E-state index is 0.156. The van der Waals surface area contributed by atoms with Crippen molar-refractivity contribution in [3.63, 3.8) is 0 Å². The molecule has 0 aliphatic carbocycles. The van der Waals surface area contributed by atoms with E-state index in [4.69, 9.17) is 32.7 Å². The lowest BCUT2D eigenvalue weighted by Gasteiger charge is -2.20. The number of hydrogen-bond acceptors (Lipinski definition) is 5. The Bertz CT molecular complexity index is 854. The zero-order valence-electron chi connectivity index (χ0n) is 18.0. The standard InChI is InChI=1S/C22H30Cl2N2O4/c1-5-7-8-11-30-17-10-9-16(18(23)12-17)13-26-15(4)25-21(24)19(26)20(27)14(3)22(28)29-6-2/h9-10,12,14,20,27H,5-8,11,13H2,1-4H3. The van der Waals surface area contributed by atoms with Crippen LogP contribution in [-0.2, 0) is 16.1 Å². The van der Waals surface area contributed by atoms with Crippen LogP contribution in [-0.4, -0.2) is 33.8 Å². The monoisotopic (exact) mass is 456 g/mol. The molecule has 2 unspecified atom stereocenters. The van der Waals surface area contributed by atoms with Gasteiger partial charge in [-0.1, -0.05) is 49.0 Å². The van der Waals surface area contributed by atoms with E-state index >= 15 is 0 Å². The molecule has 1 aromatic heterocycles. The van der Waals surface area contributed by atoms with Gasteiger partial charge in [-0.25, -0.2) is 4.98 Å². The molecule has 2 aromatic rings. The SMILES string of the molecule is CCCCCOc1ccc(Cn2c(C)nc(Cl)c2C(O)C(C)C(=O)OCC)c(Cl)c1. The van der Waals surface area contributed by atoms with Crippen molar-refractivity contribution >= 4 is 29.2 Å². The number of unbranched alkanes of at least 4 members (excludes halogenated alkanes) is 2. The predicted molar refractivity (Wildman–Crippen MR) is 118 cm³/mol. The summed E-state index contributed by atoms with van der Waals surface area (Å²) in [7, 11) is 0. The Morgan fingerprint density at radius 2 is 2.00 bits per heavy atom. The lowest BCUT2D eigenvalue weighted by atomic mass is 10.0. The minimum atomic E-state index is -1.15. The molecule has 2 atom stereocenters. The smallest absolute Gasteiger partial charge is 0.311 e. The highest BCUT2D eigenvalue weighted by atomic mass is 35.5. The largest absolute Gasteiger partial charge is 0.494 e. The van der Waals surface area contributed by atoms with Crippen molar-refractivity contribution in [2.45, 2.75) is 59.6 Å². The highest BCUT2D eigenvalue weighted by molar-refractivity contribution is 6.31. The van der Waals surface area contributed by atoms with Gasteiger partial charge in [0, 0.05) is 5.02 Å². The maximum absolute atomic E-state index is 12.1. The van der Waals surface area contributed by atoms with Gasteiger partial charge in [-0.15, -0.1) is 0 Å². The van der Waals surface area contributed by atoms with Gasteiger partial charge in [0.15, 0.2) is 5.15 Å². The number of aryl methyl sites for hydroxylation is 1. The first-order valence-corrected chi connectivity index (χ1v) is 11.0. The van der Waals surface area contributed by atoms with Crippen LogP contribution < -0.4 is 4.74 Å². The topological polar surface area (TPSA) is 73.6 Å². The predicted octanol–water partition coefficient (Wildman–Crippen LogP) is 5.35. The van der Waals surface area contributed by atoms with E-state index in [-0.39, 0.29) is 11.8 Å². The molecule has 0 fully saturated rings. The van der Waals surface area contributed by atoms with E-state index in [1.807, 2.05) is 12.1 Å². The van der Waals surface area contributed by atoms with Crippen LogP contribution in [0.25, 0.3) is 0 Å². The van der Waals surface area contributed by atoms with Crippen LogP contribution in [0.4, 0.5) is 0 Å². The Balaban J connectivity index is 2.22. The quantitative estimate of drug-likeness (QED) is 0.364. The number of aromatic nitrogens is 2. The summed E-state index contributed by atoms with van der Waals surface area (Å²) < 4.78 is 12.5. The lowest BCUT2D eigenvalue weighted by Crippen LogP contribution is -2.24. The Hall–Kier alpha value is -1.76. The van der Waals surface area contributed by atoms with Gasteiger partial charge in [0.1, 0.15) is 17.7 Å². The zero-order chi connectivity index (χ0) is 22.3. The fourth-order valence-electron chi connectivity index (χ4n) is 3.12. The molecule has 1 heterocycles. The van der Waals surface area contributed by atoms with Crippen molar-refractivity contribution in [3.8, 4) is 5.75 Å². The van der Waals surface area contributed by atoms with Gasteiger partial charge in [0.25, 0.3) is 0 Å². The molecule has 0 aliphatic heterocycles. The van der Waals surface area contributed by atoms with E-state index in [1.165, 1.54) is 0 Å². The molecule has 0 saturated carbocycles. The van der Waals surface area contributed by atoms with Gasteiger partial charge in [-0.05, 0) is 44.9 Å². The number of imidazole rings is 1. The highest BCUT2D eigenvalue weighted by Gasteiger charge is 2.30. The number of aliphatic hydroxyl groups excluding tert-OH is 1. The summed E-state index contributed by atoms with van der Waals surface area (Å²) in [5, 5.41) is 11.5. The second-order valence-corrected chi connectivity index (χ2v) is 7.98. The Morgan fingerprint density at radius 1 is 1.27 bits per heavy atom. The third-order valence-electron chi connectivity index (χ3n) is 4.93. The van der Waals surface area contributed by atoms with E-state index in [9.17, 15) is 9.90 Å². The Kier molecular flexibility index (Phi) is 9.46. The molecule has 30 heavy (non-hydrogen) atoms. The zero-order valence-corrected chi connectivity index (χ0v) is 19.5. The van der Waals surface area contributed by atoms with E-state index in [2.05, 4.69) is 11.9 Å². The summed E-state index contributed by atoms with van der Waals surface area (Å²) in [5.74, 6) is 0.0539. The number of ether oxygens (including phenoxy) is 2. The summed E-state index contributed by atoms with van der Waals surface area (Å²) in [6.07, 6.45) is 2.11. The lowest BCUT2D eigenvalue weighted by molar-refractivity contribution is -0.151. The van der Waals surface area contributed by atoms with Crippen LogP contribution in [0.5, 0.6) is 5.75 Å². The molecular formula is C22H30Cl2N2O4. The number of hydrogen-bond donors (Lipinski definition) is 1. The molecule has 6 nitrogen and oxygen atoms in total. The molecule has 0 saturated heterocycles. The number of nitrogens with zero attached hydrogens (tertiary/aromatic N) is 2. The van der Waals surface area contributed by atoms with Crippen LogP contribution in [0.3, 0.4) is 0 Å². The number of esters is 1. The minimum Gasteiger partial charge on any atom is -0.494 e. The van der Waals surface area contributed by atoms with Gasteiger partial charge >= 0.3 is 5.97 Å². The first-order chi connectivity index (χ1) is 14.3. The molecule has 0 radical (unpaired) electrons. The summed E-state index contributed by atoms with van der Waals surface area (Å²) in [6.45, 7) is 8.50. The third kappa shape index (κ3) is 6.13. The van der Waals surface area contributed by atoms with Gasteiger partial charge in [0.05, 0.1) is 31.4 Å². The van der Waals surface area contributed by atoms with Crippen LogP contribution in [0, 0.1) is 12.8 Å². The molecule has 1 N–H and O–H groups in total. The Labute approximate surface area is 188 Å². The summed E-state index contributed by atoms with van der Waals surface area (Å²) >= 11 is 12.8. The fraction of sp³-hybridized carbons (Fsp3) is 0.545. The van der Waals surface area contributed by atoms with Crippen molar-refractivity contribution in [2.75, 3.05) is 13.2 Å². The maximum Gasteiger partial charge on any atom is 0.311 e. The molecular weight excluding hydrogens is 427 g/mol. The normalized spacial score (nSPS) is 13.2. The van der Waals surface area contributed by atoms with Gasteiger partial charge in [0.2, 0.25) is 0 Å². The summed E-state index contributed by atoms with van der Waals surface area (Å²) in [5.41, 5.74) is 1.19. The van der Waals surface area contributed by atoms with Crippen molar-refractivity contribution in [2.24, 2.45) is 5.92 Å². The molecule has 0 amide bonds. The second-order valence-electron chi connectivity index (χ2n) is 7.22. The fourth-order valence-corrected chi connectivity index (χ4v) is 3.69. The van der Waals surface area contributed by atoms with E-state index in [0.717, 1.165) is 30.6 Å². The second kappa shape index (κ2) is 11.6. The summed E-state index contributed by atoms with van der Waals surface area (Å²) in [4.78, 5) is 16.3. The molecule has 166 valence electrons. The van der Waals surface area contributed by atoms with E-state index < -0.39 is 18.0 Å². The molecule has 8 heteroatoms. The first-order valence-electron chi connectivity index (χ1n) is 10.3. The molecule has 2 rings (SSSR count). The molecule has 0 aliphatic rings. The summed E-state index contributed by atoms with van der Waals surface area (Å²) in [6, 6.07) is 5.54. The molecule has 0 bridgehead atoms. The number of carbonyl (C=O) groups excluding carboxylic acids is 1. The van der Waals surface area contributed by atoms with Crippen LogP contribution in [0.15, 0.2) is 18.2 Å². The number of carbonyl (C=O) groups is 1. The number of benzene rings is 1. The van der Waals surface area contributed by atoms with Crippen molar-refractivity contribution in [1.82, 2.24) is 9.55 Å². The first kappa shape index (κ1) is 24.5. The van der Waals surface area contributed by atoms with Crippen LogP contribution in [0.2, 0.25) is 10.2 Å². The average molecular weight is 457 g/mol. The van der Waals surface area contributed by atoms with Crippen molar-refractivity contribution in [3.05, 3.63) is 45.5 Å². The number of rotatable bonds is 11. The van der Waals surface area contributed by atoms with Crippen molar-refractivity contribution in [1.29, 1.82) is 0 Å². The highest BCUT2D eigenvalue weighted by Crippen LogP contribution is 2.32. The number of aliphatic hydroxyl groups is 1. The maximum atomic E-state index is 12.1. The van der Waals surface area contributed by atoms with Gasteiger partial charge in [-0.3, -0.25) is 4.79 Å². The van der Waals surface area contributed by atoms with E-state index in [1.54, 1.807) is 31.4 Å². The molecule has 0 spiro atoms. The average Bonchev–Trinajstić information content (AvgIpc) is 2.99. The van der Waals surface area contributed by atoms with E-state index in [0.29, 0.717) is 29.7 Å². The Morgan fingerprint density at radius 3 is 2.63 bits per heavy atom. The van der Waals surface area contributed by atoms with Gasteiger partial charge < -0.3 is 19.1 Å².